The zero-order chi connectivity index (χ0) is 12.4. The van der Waals surface area contributed by atoms with Gasteiger partial charge in [0.15, 0.2) is 0 Å². The summed E-state index contributed by atoms with van der Waals surface area (Å²) in [6.07, 6.45) is 4.90. The van der Waals surface area contributed by atoms with Crippen LogP contribution in [-0.2, 0) is 0 Å². The van der Waals surface area contributed by atoms with Crippen molar-refractivity contribution in [1.82, 2.24) is 0 Å². The van der Waals surface area contributed by atoms with Gasteiger partial charge in [-0.15, -0.1) is 0 Å². The van der Waals surface area contributed by atoms with E-state index in [-0.39, 0.29) is 10.6 Å². The quantitative estimate of drug-likeness (QED) is 0.677. The minimum atomic E-state index is -0.348. The number of nitro benzene ring substituents is 1. The molecule has 1 N–H and O–H groups in total. The molecule has 1 aliphatic rings. The third-order valence-corrected chi connectivity index (χ3v) is 3.85. The molecular formula is C12H15BrN2O2. The highest BCUT2D eigenvalue weighted by Crippen LogP contribution is 2.32. The first-order valence-electron chi connectivity index (χ1n) is 5.79. The molecule has 0 radical (unpaired) electrons. The van der Waals surface area contributed by atoms with Gasteiger partial charge in [0.25, 0.3) is 5.69 Å². The fourth-order valence-corrected chi connectivity index (χ4v) is 2.71. The van der Waals surface area contributed by atoms with Crippen LogP contribution in [0, 0.1) is 17.0 Å². The molecule has 0 aromatic heterocycles. The number of anilines is 1. The van der Waals surface area contributed by atoms with E-state index in [0.717, 1.165) is 10.2 Å². The molecule has 1 aromatic carbocycles. The van der Waals surface area contributed by atoms with E-state index < -0.39 is 0 Å². The van der Waals surface area contributed by atoms with Crippen LogP contribution in [0.1, 0.15) is 31.2 Å². The van der Waals surface area contributed by atoms with Gasteiger partial charge in [-0.1, -0.05) is 12.8 Å². The third-order valence-electron chi connectivity index (χ3n) is 3.20. The molecule has 1 aromatic rings. The molecule has 1 saturated carbocycles. The molecule has 5 heteroatoms. The SMILES string of the molecule is Cc1cc(NC2CCCC2)c(Br)cc1[N+](=O)[O-]. The number of hydrogen-bond acceptors (Lipinski definition) is 3. The summed E-state index contributed by atoms with van der Waals surface area (Å²) in [4.78, 5) is 10.4. The summed E-state index contributed by atoms with van der Waals surface area (Å²) in [6.45, 7) is 1.77. The molecule has 0 spiro atoms. The van der Waals surface area contributed by atoms with Gasteiger partial charge in [-0.05, 0) is 41.8 Å². The normalized spacial score (nSPS) is 16.1. The van der Waals surface area contributed by atoms with E-state index in [1.807, 2.05) is 6.07 Å². The molecule has 0 unspecified atom stereocenters. The number of nitrogens with zero attached hydrogens (tertiary/aromatic N) is 1. The largest absolute Gasteiger partial charge is 0.381 e. The fraction of sp³-hybridized carbons (Fsp3) is 0.500. The lowest BCUT2D eigenvalue weighted by molar-refractivity contribution is -0.385. The number of halogens is 1. The second-order valence-electron chi connectivity index (χ2n) is 4.50. The van der Waals surface area contributed by atoms with E-state index in [9.17, 15) is 10.1 Å². The number of aryl methyl sites for hydroxylation is 1. The summed E-state index contributed by atoms with van der Waals surface area (Å²) in [5.41, 5.74) is 1.81. The topological polar surface area (TPSA) is 55.2 Å². The number of benzene rings is 1. The lowest BCUT2D eigenvalue weighted by atomic mass is 10.1. The Balaban J connectivity index is 2.23. The highest BCUT2D eigenvalue weighted by Gasteiger charge is 2.18. The fourth-order valence-electron chi connectivity index (χ4n) is 2.27. The molecule has 17 heavy (non-hydrogen) atoms. The van der Waals surface area contributed by atoms with Crippen LogP contribution in [0.15, 0.2) is 16.6 Å². The summed E-state index contributed by atoms with van der Waals surface area (Å²) < 4.78 is 0.765. The number of rotatable bonds is 3. The first-order valence-corrected chi connectivity index (χ1v) is 6.58. The van der Waals surface area contributed by atoms with Gasteiger partial charge in [0, 0.05) is 27.8 Å². The predicted molar refractivity (Wildman–Crippen MR) is 71.4 cm³/mol. The Morgan fingerprint density at radius 3 is 2.65 bits per heavy atom. The molecule has 0 atom stereocenters. The van der Waals surface area contributed by atoms with Gasteiger partial charge in [-0.25, -0.2) is 0 Å². The molecule has 1 fully saturated rings. The molecule has 0 amide bonds. The highest BCUT2D eigenvalue weighted by molar-refractivity contribution is 9.10. The van der Waals surface area contributed by atoms with Crippen LogP contribution in [-0.4, -0.2) is 11.0 Å². The van der Waals surface area contributed by atoms with Crippen molar-refractivity contribution >= 4 is 27.3 Å². The Bertz CT molecular complexity index is 442. The molecule has 0 heterocycles. The van der Waals surface area contributed by atoms with E-state index in [4.69, 9.17) is 0 Å². The van der Waals surface area contributed by atoms with Gasteiger partial charge in [-0.2, -0.15) is 0 Å². The Morgan fingerprint density at radius 1 is 1.41 bits per heavy atom. The molecule has 0 bridgehead atoms. The smallest absolute Gasteiger partial charge is 0.273 e. The summed E-state index contributed by atoms with van der Waals surface area (Å²) >= 11 is 3.39. The van der Waals surface area contributed by atoms with Crippen molar-refractivity contribution in [2.24, 2.45) is 0 Å². The van der Waals surface area contributed by atoms with Gasteiger partial charge in [-0.3, -0.25) is 10.1 Å². The van der Waals surface area contributed by atoms with Crippen LogP contribution < -0.4 is 5.32 Å². The summed E-state index contributed by atoms with van der Waals surface area (Å²) in [6, 6.07) is 3.93. The lowest BCUT2D eigenvalue weighted by Crippen LogP contribution is -2.15. The molecule has 92 valence electrons. The van der Waals surface area contributed by atoms with Gasteiger partial charge in [0.1, 0.15) is 0 Å². The molecule has 0 aliphatic heterocycles. The minimum absolute atomic E-state index is 0.161. The van der Waals surface area contributed by atoms with Crippen molar-refractivity contribution in [2.75, 3.05) is 5.32 Å². The van der Waals surface area contributed by atoms with Crippen molar-refractivity contribution in [3.8, 4) is 0 Å². The number of hydrogen-bond donors (Lipinski definition) is 1. The monoisotopic (exact) mass is 298 g/mol. The Kier molecular flexibility index (Phi) is 3.66. The second-order valence-corrected chi connectivity index (χ2v) is 5.36. The van der Waals surface area contributed by atoms with Gasteiger partial charge < -0.3 is 5.32 Å². The third kappa shape index (κ3) is 2.77. The van der Waals surface area contributed by atoms with Crippen molar-refractivity contribution in [3.63, 3.8) is 0 Å². The molecule has 0 saturated heterocycles. The zero-order valence-corrected chi connectivity index (χ0v) is 11.3. The first kappa shape index (κ1) is 12.4. The van der Waals surface area contributed by atoms with Crippen LogP contribution in [0.4, 0.5) is 11.4 Å². The average molecular weight is 299 g/mol. The van der Waals surface area contributed by atoms with Crippen LogP contribution in [0.5, 0.6) is 0 Å². The highest BCUT2D eigenvalue weighted by atomic mass is 79.9. The molecule has 2 rings (SSSR count). The molecular weight excluding hydrogens is 284 g/mol. The van der Waals surface area contributed by atoms with E-state index in [1.165, 1.54) is 25.7 Å². The van der Waals surface area contributed by atoms with E-state index in [2.05, 4.69) is 21.2 Å². The van der Waals surface area contributed by atoms with Gasteiger partial charge in [0.05, 0.1) is 4.92 Å². The van der Waals surface area contributed by atoms with E-state index in [1.54, 1.807) is 13.0 Å². The predicted octanol–water partition coefficient (Wildman–Crippen LogP) is 4.02. The second kappa shape index (κ2) is 5.04. The van der Waals surface area contributed by atoms with Crippen molar-refractivity contribution in [1.29, 1.82) is 0 Å². The molecule has 4 nitrogen and oxygen atoms in total. The Hall–Kier alpha value is -1.10. The van der Waals surface area contributed by atoms with Crippen LogP contribution in [0.3, 0.4) is 0 Å². The lowest BCUT2D eigenvalue weighted by Gasteiger charge is -2.15. The maximum absolute atomic E-state index is 10.8. The van der Waals surface area contributed by atoms with Crippen molar-refractivity contribution in [3.05, 3.63) is 32.3 Å². The first-order chi connectivity index (χ1) is 8.08. The van der Waals surface area contributed by atoms with E-state index in [0.29, 0.717) is 11.6 Å². The maximum atomic E-state index is 10.8. The van der Waals surface area contributed by atoms with Crippen molar-refractivity contribution < 1.29 is 4.92 Å². The summed E-state index contributed by atoms with van der Waals surface area (Å²) in [5, 5.41) is 14.2. The molecule has 1 aliphatic carbocycles. The Labute approximate surface area is 109 Å². The van der Waals surface area contributed by atoms with E-state index >= 15 is 0 Å². The van der Waals surface area contributed by atoms with Crippen LogP contribution >= 0.6 is 15.9 Å². The summed E-state index contributed by atoms with van der Waals surface area (Å²) in [5.74, 6) is 0. The van der Waals surface area contributed by atoms with Gasteiger partial charge >= 0.3 is 0 Å². The Morgan fingerprint density at radius 2 is 2.06 bits per heavy atom. The number of nitro groups is 1. The summed E-state index contributed by atoms with van der Waals surface area (Å²) in [7, 11) is 0. The zero-order valence-electron chi connectivity index (χ0n) is 9.70. The van der Waals surface area contributed by atoms with Gasteiger partial charge in [0.2, 0.25) is 0 Å². The maximum Gasteiger partial charge on any atom is 0.273 e. The minimum Gasteiger partial charge on any atom is -0.381 e. The number of nitrogens with one attached hydrogen (secondary N) is 1. The standard InChI is InChI=1S/C12H15BrN2O2/c1-8-6-11(14-9-4-2-3-5-9)10(13)7-12(8)15(16)17/h6-7,9,14H,2-5H2,1H3. The average Bonchev–Trinajstić information content (AvgIpc) is 2.75. The van der Waals surface area contributed by atoms with Crippen LogP contribution in [0.25, 0.3) is 0 Å². The van der Waals surface area contributed by atoms with Crippen LogP contribution in [0.2, 0.25) is 0 Å². The van der Waals surface area contributed by atoms with Crippen molar-refractivity contribution in [2.45, 2.75) is 38.6 Å².